The van der Waals surface area contributed by atoms with Crippen LogP contribution in [0.3, 0.4) is 0 Å². The highest BCUT2D eigenvalue weighted by Gasteiger charge is 2.23. The number of hydrogen-bond donors (Lipinski definition) is 0. The van der Waals surface area contributed by atoms with Gasteiger partial charge in [-0.05, 0) is 45.4 Å². The van der Waals surface area contributed by atoms with Crippen molar-refractivity contribution in [1.82, 2.24) is 0 Å². The van der Waals surface area contributed by atoms with E-state index in [0.717, 1.165) is 41.0 Å². The molecular weight excluding hydrogens is 328 g/mol. The van der Waals surface area contributed by atoms with E-state index < -0.39 is 0 Å². The monoisotopic (exact) mass is 352 g/mol. The largest absolute Gasteiger partial charge is 0.490 e. The molecule has 2 heterocycles. The van der Waals surface area contributed by atoms with Crippen LogP contribution in [-0.4, -0.2) is 23.8 Å². The third kappa shape index (κ3) is 3.79. The van der Waals surface area contributed by atoms with Crippen LogP contribution in [0, 0.1) is 0 Å². The fourth-order valence-corrected chi connectivity index (χ4v) is 3.38. The predicted molar refractivity (Wildman–Crippen MR) is 100 cm³/mol. The summed E-state index contributed by atoms with van der Waals surface area (Å²) in [6, 6.07) is 11.3. The average molecular weight is 352 g/mol. The molecule has 2 aromatic carbocycles. The van der Waals surface area contributed by atoms with Crippen LogP contribution >= 0.6 is 0 Å². The Morgan fingerprint density at radius 1 is 0.885 bits per heavy atom. The number of hydrogen-bond acceptors (Lipinski definition) is 4. The lowest BCUT2D eigenvalue weighted by Crippen LogP contribution is -2.06. The van der Waals surface area contributed by atoms with Gasteiger partial charge in [0.25, 0.3) is 0 Å². The molecule has 0 N–H and O–H groups in total. The Morgan fingerprint density at radius 3 is 2.27 bits per heavy atom. The van der Waals surface area contributed by atoms with Gasteiger partial charge in [-0.25, -0.2) is 0 Å². The van der Waals surface area contributed by atoms with Crippen molar-refractivity contribution >= 4 is 11.6 Å². The third-order valence-corrected chi connectivity index (χ3v) is 4.64. The molecule has 4 rings (SSSR count). The molecule has 0 saturated carbocycles. The zero-order valence-corrected chi connectivity index (χ0v) is 15.7. The Kier molecular flexibility index (Phi) is 5.12. The molecule has 4 heteroatoms. The number of fused-ring (bicyclic) bond motifs is 2. The maximum absolute atomic E-state index is 11.3. The molecule has 26 heavy (non-hydrogen) atoms. The minimum Gasteiger partial charge on any atom is -0.490 e. The average Bonchev–Trinajstić information content (AvgIpc) is 3.14. The van der Waals surface area contributed by atoms with E-state index in [9.17, 15) is 9.59 Å². The van der Waals surface area contributed by atoms with Gasteiger partial charge in [0.2, 0.25) is 0 Å². The highest BCUT2D eigenvalue weighted by atomic mass is 16.5. The van der Waals surface area contributed by atoms with E-state index in [1.165, 1.54) is 5.56 Å². The molecule has 2 aromatic rings. The number of benzene rings is 2. The maximum atomic E-state index is 11.3. The summed E-state index contributed by atoms with van der Waals surface area (Å²) in [7, 11) is 0. The molecule has 2 unspecified atom stereocenters. The molecule has 0 spiro atoms. The summed E-state index contributed by atoms with van der Waals surface area (Å²) in [5, 5.41) is 0. The number of rotatable bonds is 2. The summed E-state index contributed by atoms with van der Waals surface area (Å²) in [5.74, 6) is 1.96. The van der Waals surface area contributed by atoms with E-state index in [2.05, 4.69) is 0 Å². The van der Waals surface area contributed by atoms with Crippen molar-refractivity contribution in [3.8, 4) is 11.5 Å². The van der Waals surface area contributed by atoms with Gasteiger partial charge in [0, 0.05) is 29.5 Å². The molecule has 2 aliphatic rings. The van der Waals surface area contributed by atoms with Crippen molar-refractivity contribution in [3.63, 3.8) is 0 Å². The first-order valence-electron chi connectivity index (χ1n) is 8.95. The first-order valence-corrected chi connectivity index (χ1v) is 8.95. The van der Waals surface area contributed by atoms with Gasteiger partial charge in [-0.2, -0.15) is 0 Å². The van der Waals surface area contributed by atoms with Crippen molar-refractivity contribution in [1.29, 1.82) is 0 Å². The van der Waals surface area contributed by atoms with Gasteiger partial charge >= 0.3 is 0 Å². The molecule has 4 nitrogen and oxygen atoms in total. The fraction of sp³-hybridized carbons (Fsp3) is 0.364. The van der Waals surface area contributed by atoms with Crippen LogP contribution in [0.1, 0.15) is 59.5 Å². The molecule has 136 valence electrons. The lowest BCUT2D eigenvalue weighted by atomic mass is 10.0. The second kappa shape index (κ2) is 7.32. The van der Waals surface area contributed by atoms with Crippen LogP contribution in [-0.2, 0) is 12.8 Å². The number of carbonyl (C=O) groups excluding carboxylic acids is 2. The molecule has 0 saturated heterocycles. The van der Waals surface area contributed by atoms with Crippen molar-refractivity contribution in [2.24, 2.45) is 0 Å². The molecule has 2 atom stereocenters. The third-order valence-electron chi connectivity index (χ3n) is 4.64. The predicted octanol–water partition coefficient (Wildman–Crippen LogP) is 4.43. The van der Waals surface area contributed by atoms with Crippen LogP contribution in [0.15, 0.2) is 36.4 Å². The van der Waals surface area contributed by atoms with Crippen molar-refractivity contribution in [3.05, 3.63) is 58.7 Å². The lowest BCUT2D eigenvalue weighted by Gasteiger charge is -2.02. The number of ether oxygens (including phenoxy) is 2. The summed E-state index contributed by atoms with van der Waals surface area (Å²) >= 11 is 0. The van der Waals surface area contributed by atoms with E-state index >= 15 is 0 Å². The van der Waals surface area contributed by atoms with Gasteiger partial charge in [-0.1, -0.05) is 24.3 Å². The molecule has 0 aromatic heterocycles. The topological polar surface area (TPSA) is 52.6 Å². The van der Waals surface area contributed by atoms with E-state index in [1.54, 1.807) is 13.8 Å². The number of ketones is 2. The Labute approximate surface area is 154 Å². The normalized spacial score (nSPS) is 19.4. The second-order valence-electron chi connectivity index (χ2n) is 6.98. The number of carbonyl (C=O) groups is 2. The summed E-state index contributed by atoms with van der Waals surface area (Å²) in [4.78, 5) is 22.3. The molecular formula is C22H24O4. The van der Waals surface area contributed by atoms with E-state index in [1.807, 2.05) is 50.2 Å². The smallest absolute Gasteiger partial charge is 0.160 e. The van der Waals surface area contributed by atoms with Crippen LogP contribution < -0.4 is 9.47 Å². The minimum absolute atomic E-state index is 0.0888. The standard InChI is InChI=1S/2C11H12O2/c1-7-5-10-4-3-9(8(2)12)6-11(10)13-7;1-7-6-10-9(8(2)12)4-3-5-11(10)13-7/h3-4,6-7H,5H2,1-2H3;3-5,7H,6H2,1-2H3. The lowest BCUT2D eigenvalue weighted by molar-refractivity contribution is 0.100. The molecule has 2 aliphatic heterocycles. The molecule has 0 amide bonds. The molecule has 0 radical (unpaired) electrons. The SMILES string of the molecule is CC(=O)c1ccc2c(c1)OC(C)C2.CC(=O)c1cccc2c1CC(C)O2. The van der Waals surface area contributed by atoms with Crippen molar-refractivity contribution in [2.45, 2.75) is 52.7 Å². The zero-order chi connectivity index (χ0) is 18.8. The first-order chi connectivity index (χ1) is 12.3. The van der Waals surface area contributed by atoms with Gasteiger partial charge in [-0.3, -0.25) is 9.59 Å². The van der Waals surface area contributed by atoms with Crippen LogP contribution in [0.5, 0.6) is 11.5 Å². The highest BCUT2D eigenvalue weighted by molar-refractivity contribution is 5.96. The minimum atomic E-state index is 0.0888. The zero-order valence-electron chi connectivity index (χ0n) is 15.7. The van der Waals surface area contributed by atoms with Crippen LogP contribution in [0.4, 0.5) is 0 Å². The quantitative estimate of drug-likeness (QED) is 0.751. The summed E-state index contributed by atoms with van der Waals surface area (Å²) in [6.45, 7) is 7.22. The van der Waals surface area contributed by atoms with Gasteiger partial charge in [0.15, 0.2) is 11.6 Å². The Hall–Kier alpha value is -2.62. The molecule has 0 bridgehead atoms. The molecule has 0 aliphatic carbocycles. The van der Waals surface area contributed by atoms with Gasteiger partial charge in [-0.15, -0.1) is 0 Å². The highest BCUT2D eigenvalue weighted by Crippen LogP contribution is 2.31. The maximum Gasteiger partial charge on any atom is 0.160 e. The summed E-state index contributed by atoms with van der Waals surface area (Å²) in [5.41, 5.74) is 3.81. The number of Topliss-reactive ketones (excluding diaryl/α,β-unsaturated/α-hetero) is 2. The van der Waals surface area contributed by atoms with Gasteiger partial charge < -0.3 is 9.47 Å². The Balaban J connectivity index is 0.000000151. The second-order valence-corrected chi connectivity index (χ2v) is 6.98. The Bertz CT molecular complexity index is 853. The fourth-order valence-electron chi connectivity index (χ4n) is 3.38. The van der Waals surface area contributed by atoms with Crippen molar-refractivity contribution in [2.75, 3.05) is 0 Å². The summed E-state index contributed by atoms with van der Waals surface area (Å²) < 4.78 is 11.1. The van der Waals surface area contributed by atoms with E-state index in [0.29, 0.717) is 0 Å². The van der Waals surface area contributed by atoms with Gasteiger partial charge in [0.05, 0.1) is 0 Å². The first kappa shape index (κ1) is 18.2. The van der Waals surface area contributed by atoms with Crippen molar-refractivity contribution < 1.29 is 19.1 Å². The van der Waals surface area contributed by atoms with Crippen LogP contribution in [0.2, 0.25) is 0 Å². The van der Waals surface area contributed by atoms with E-state index in [-0.39, 0.29) is 23.8 Å². The molecule has 0 fully saturated rings. The van der Waals surface area contributed by atoms with E-state index in [4.69, 9.17) is 9.47 Å². The van der Waals surface area contributed by atoms with Crippen LogP contribution in [0.25, 0.3) is 0 Å². The Morgan fingerprint density at radius 2 is 1.58 bits per heavy atom. The van der Waals surface area contributed by atoms with Gasteiger partial charge in [0.1, 0.15) is 23.7 Å². The summed E-state index contributed by atoms with van der Waals surface area (Å²) in [6.07, 6.45) is 2.26.